The number of hydrogen-bond acceptors (Lipinski definition) is 3. The summed E-state index contributed by atoms with van der Waals surface area (Å²) in [7, 11) is 0. The zero-order valence-corrected chi connectivity index (χ0v) is 23.4. The van der Waals surface area contributed by atoms with Gasteiger partial charge in [0.15, 0.2) is 0 Å². The summed E-state index contributed by atoms with van der Waals surface area (Å²) in [5.41, 5.74) is 9.37. The molecule has 0 radical (unpaired) electrons. The van der Waals surface area contributed by atoms with Gasteiger partial charge >= 0.3 is 0 Å². The summed E-state index contributed by atoms with van der Waals surface area (Å²) in [5.74, 6) is 0.479. The molecule has 5 heteroatoms. The average molecular weight is 522 g/mol. The molecule has 0 bridgehead atoms. The number of carbonyl (C=O) groups is 1. The Bertz CT molecular complexity index is 1030. The number of fused-ring (bicyclic) bond motifs is 1. The molecule has 2 N–H and O–H groups in total. The highest BCUT2D eigenvalue weighted by Crippen LogP contribution is 2.37. The maximum Gasteiger partial charge on any atom is 0.222 e. The van der Waals surface area contributed by atoms with Crippen LogP contribution in [-0.2, 0) is 4.79 Å². The Balaban J connectivity index is 1.72. The Morgan fingerprint density at radius 3 is 2.51 bits per heavy atom. The Labute approximate surface area is 229 Å². The summed E-state index contributed by atoms with van der Waals surface area (Å²) in [6, 6.07) is 18.4. The van der Waals surface area contributed by atoms with Crippen LogP contribution in [0, 0.1) is 5.41 Å². The van der Waals surface area contributed by atoms with Crippen molar-refractivity contribution in [3.63, 3.8) is 0 Å². The van der Waals surface area contributed by atoms with E-state index in [2.05, 4.69) is 37.0 Å². The van der Waals surface area contributed by atoms with E-state index in [0.29, 0.717) is 30.5 Å². The molecule has 4 nitrogen and oxygen atoms in total. The van der Waals surface area contributed by atoms with Crippen LogP contribution in [0.1, 0.15) is 88.7 Å². The second kappa shape index (κ2) is 15.1. The molecule has 2 atom stereocenters. The van der Waals surface area contributed by atoms with Gasteiger partial charge in [-0.15, -0.1) is 0 Å². The number of halogens is 1. The van der Waals surface area contributed by atoms with Crippen molar-refractivity contribution < 1.29 is 4.79 Å². The lowest BCUT2D eigenvalue weighted by Gasteiger charge is -2.38. The molecule has 2 aromatic carbocycles. The van der Waals surface area contributed by atoms with E-state index >= 15 is 0 Å². The Morgan fingerprint density at radius 2 is 1.78 bits per heavy atom. The fraction of sp³-hybridized carbons (Fsp3) is 0.500. The molecule has 0 spiro atoms. The lowest BCUT2D eigenvalue weighted by atomic mass is 9.75. The highest BCUT2D eigenvalue weighted by atomic mass is 35.5. The summed E-state index contributed by atoms with van der Waals surface area (Å²) >= 11 is 6.76. The van der Waals surface area contributed by atoms with Crippen LogP contribution in [0.4, 0.5) is 5.69 Å². The smallest absolute Gasteiger partial charge is 0.222 e. The number of para-hydroxylation sites is 1. The molecule has 200 valence electrons. The van der Waals surface area contributed by atoms with Gasteiger partial charge in [-0.05, 0) is 73.8 Å². The van der Waals surface area contributed by atoms with Crippen molar-refractivity contribution in [2.24, 2.45) is 16.1 Å². The minimum atomic E-state index is 0.0754. The number of nitrogens with two attached hydrogens (primary N) is 1. The number of aliphatic imine (C=N–C) groups is 1. The van der Waals surface area contributed by atoms with Crippen LogP contribution in [0.5, 0.6) is 0 Å². The summed E-state index contributed by atoms with van der Waals surface area (Å²) in [6.07, 6.45) is 12.8. The van der Waals surface area contributed by atoms with Crippen molar-refractivity contribution in [3.05, 3.63) is 70.8 Å². The van der Waals surface area contributed by atoms with Crippen LogP contribution < -0.4 is 5.73 Å². The molecule has 1 aliphatic heterocycles. The van der Waals surface area contributed by atoms with Crippen molar-refractivity contribution in [1.29, 1.82) is 0 Å². The van der Waals surface area contributed by atoms with E-state index in [1.165, 1.54) is 5.56 Å². The second-order valence-electron chi connectivity index (χ2n) is 10.4. The van der Waals surface area contributed by atoms with E-state index < -0.39 is 0 Å². The number of unbranched alkanes of at least 4 members (excludes halogenated alkanes) is 1. The number of amides is 1. The van der Waals surface area contributed by atoms with Gasteiger partial charge in [0.1, 0.15) is 0 Å². The largest absolute Gasteiger partial charge is 0.337 e. The third-order valence-corrected chi connectivity index (χ3v) is 7.93. The van der Waals surface area contributed by atoms with Crippen LogP contribution in [0.15, 0.2) is 64.6 Å². The Hall–Kier alpha value is -2.43. The predicted octanol–water partition coefficient (Wildman–Crippen LogP) is 8.09. The fourth-order valence-corrected chi connectivity index (χ4v) is 5.67. The van der Waals surface area contributed by atoms with Crippen molar-refractivity contribution in [2.75, 3.05) is 19.6 Å². The van der Waals surface area contributed by atoms with Gasteiger partial charge in [-0.25, -0.2) is 0 Å². The van der Waals surface area contributed by atoms with E-state index in [9.17, 15) is 4.79 Å². The average Bonchev–Trinajstić information content (AvgIpc) is 3.33. The van der Waals surface area contributed by atoms with Gasteiger partial charge in [-0.3, -0.25) is 9.79 Å². The molecule has 1 aliphatic rings. The minimum absolute atomic E-state index is 0.0754. The first kappa shape index (κ1) is 29.1. The van der Waals surface area contributed by atoms with Crippen LogP contribution >= 0.6 is 11.6 Å². The summed E-state index contributed by atoms with van der Waals surface area (Å²) < 4.78 is 0. The fourth-order valence-electron chi connectivity index (χ4n) is 5.40. The van der Waals surface area contributed by atoms with E-state index in [0.717, 1.165) is 69.2 Å². The first-order valence-electron chi connectivity index (χ1n) is 14.0. The van der Waals surface area contributed by atoms with Crippen molar-refractivity contribution in [2.45, 2.75) is 77.6 Å². The molecule has 1 amide bonds. The van der Waals surface area contributed by atoms with Gasteiger partial charge in [0.2, 0.25) is 5.91 Å². The van der Waals surface area contributed by atoms with Gasteiger partial charge < -0.3 is 10.6 Å². The Kier molecular flexibility index (Phi) is 11.9. The first-order valence-corrected chi connectivity index (χ1v) is 14.4. The molecular formula is C32H44ClN3O. The van der Waals surface area contributed by atoms with E-state index in [1.807, 2.05) is 53.6 Å². The van der Waals surface area contributed by atoms with Crippen molar-refractivity contribution in [3.8, 4) is 0 Å². The SMILES string of the molecule is CCCCC(CC)(CCCN)CN(C/C(Cl)=C/c1ccccc1)C(=O)CCCC1C=Nc2ccccc21. The van der Waals surface area contributed by atoms with E-state index in [1.54, 1.807) is 0 Å². The maximum atomic E-state index is 13.7. The van der Waals surface area contributed by atoms with Gasteiger partial charge in [-0.1, -0.05) is 86.8 Å². The predicted molar refractivity (Wildman–Crippen MR) is 159 cm³/mol. The van der Waals surface area contributed by atoms with Crippen LogP contribution in [0.3, 0.4) is 0 Å². The van der Waals surface area contributed by atoms with Gasteiger partial charge in [0, 0.05) is 30.1 Å². The summed E-state index contributed by atoms with van der Waals surface area (Å²) in [5, 5.41) is 0.690. The maximum absolute atomic E-state index is 13.7. The summed E-state index contributed by atoms with van der Waals surface area (Å²) in [4.78, 5) is 20.2. The molecule has 0 aromatic heterocycles. The van der Waals surface area contributed by atoms with E-state index in [-0.39, 0.29) is 11.3 Å². The molecule has 2 unspecified atom stereocenters. The number of carbonyl (C=O) groups excluding carboxylic acids is 1. The molecule has 0 fully saturated rings. The third-order valence-electron chi connectivity index (χ3n) is 7.70. The first-order chi connectivity index (χ1) is 18.0. The third kappa shape index (κ3) is 8.83. The monoisotopic (exact) mass is 521 g/mol. The molecule has 2 aromatic rings. The number of rotatable bonds is 16. The molecule has 3 rings (SSSR count). The van der Waals surface area contributed by atoms with Gasteiger partial charge in [0.05, 0.1) is 12.2 Å². The molecule has 37 heavy (non-hydrogen) atoms. The number of hydrogen-bond donors (Lipinski definition) is 1. The molecule has 0 aliphatic carbocycles. The zero-order valence-electron chi connectivity index (χ0n) is 22.7. The number of benzene rings is 2. The van der Waals surface area contributed by atoms with Gasteiger partial charge in [-0.2, -0.15) is 0 Å². The van der Waals surface area contributed by atoms with Crippen LogP contribution in [0.2, 0.25) is 0 Å². The number of nitrogens with zero attached hydrogens (tertiary/aromatic N) is 2. The lowest BCUT2D eigenvalue weighted by Crippen LogP contribution is -2.42. The Morgan fingerprint density at radius 1 is 1.05 bits per heavy atom. The van der Waals surface area contributed by atoms with Crippen molar-refractivity contribution >= 4 is 35.5 Å². The topological polar surface area (TPSA) is 58.7 Å². The van der Waals surface area contributed by atoms with Crippen LogP contribution in [0.25, 0.3) is 6.08 Å². The van der Waals surface area contributed by atoms with E-state index in [4.69, 9.17) is 17.3 Å². The highest BCUT2D eigenvalue weighted by molar-refractivity contribution is 6.31. The molecule has 0 saturated carbocycles. The zero-order chi connectivity index (χ0) is 26.5. The van der Waals surface area contributed by atoms with Crippen molar-refractivity contribution in [1.82, 2.24) is 4.90 Å². The molecule has 0 saturated heterocycles. The standard InChI is InChI=1S/C32H44ClN3O/c1-3-5-19-32(4-2,20-12-21-34)25-36(24-28(33)22-26-13-7-6-8-14-26)31(37)18-11-15-27-23-35-30-17-10-9-16-29(27)30/h6-10,13-14,16-17,22-23,27H,3-5,11-12,15,18-21,24-25,34H2,1-2H3/b28-22-. The molecular weight excluding hydrogens is 478 g/mol. The minimum Gasteiger partial charge on any atom is -0.337 e. The van der Waals surface area contributed by atoms with Crippen LogP contribution in [-0.4, -0.2) is 36.7 Å². The highest BCUT2D eigenvalue weighted by Gasteiger charge is 2.32. The molecule has 1 heterocycles. The second-order valence-corrected chi connectivity index (χ2v) is 10.9. The summed E-state index contributed by atoms with van der Waals surface area (Å²) in [6.45, 7) is 6.35. The van der Waals surface area contributed by atoms with Gasteiger partial charge in [0.25, 0.3) is 0 Å². The normalized spacial score (nSPS) is 16.4. The lowest BCUT2D eigenvalue weighted by molar-refractivity contribution is -0.132. The quantitative estimate of drug-likeness (QED) is 0.242.